The van der Waals surface area contributed by atoms with Crippen LogP contribution in [0, 0.1) is 6.92 Å². The van der Waals surface area contributed by atoms with Gasteiger partial charge in [0, 0.05) is 24.9 Å². The van der Waals surface area contributed by atoms with E-state index >= 15 is 0 Å². The summed E-state index contributed by atoms with van der Waals surface area (Å²) in [6, 6.07) is 6.96. The zero-order chi connectivity index (χ0) is 19.7. The molecule has 1 spiro atoms. The molecule has 1 aromatic carbocycles. The van der Waals surface area contributed by atoms with Crippen molar-refractivity contribution < 1.29 is 13.2 Å². The second-order valence-corrected chi connectivity index (χ2v) is 10.9. The maximum Gasteiger partial charge on any atom is 0.243 e. The Morgan fingerprint density at radius 3 is 2.56 bits per heavy atom. The summed E-state index contributed by atoms with van der Waals surface area (Å²) in [5.41, 5.74) is 1.04. The van der Waals surface area contributed by atoms with Crippen LogP contribution in [0.2, 0.25) is 0 Å². The number of piperidine rings is 1. The fourth-order valence-electron chi connectivity index (χ4n) is 3.47. The third-order valence-corrected chi connectivity index (χ3v) is 8.96. The molecular formula is C19H29N3O3S2. The maximum atomic E-state index is 12.9. The summed E-state index contributed by atoms with van der Waals surface area (Å²) in [6.45, 7) is 6.93. The van der Waals surface area contributed by atoms with E-state index < -0.39 is 10.0 Å². The van der Waals surface area contributed by atoms with Gasteiger partial charge in [0.2, 0.25) is 15.9 Å². The van der Waals surface area contributed by atoms with Crippen LogP contribution in [0.15, 0.2) is 29.2 Å². The van der Waals surface area contributed by atoms with Crippen molar-refractivity contribution in [3.8, 4) is 0 Å². The molecule has 2 N–H and O–H groups in total. The average molecular weight is 412 g/mol. The molecule has 0 unspecified atom stereocenters. The van der Waals surface area contributed by atoms with Crippen molar-refractivity contribution in [3.05, 3.63) is 29.8 Å². The predicted octanol–water partition coefficient (Wildman–Crippen LogP) is 2.10. The number of hydrogen-bond donors (Lipinski definition) is 2. The van der Waals surface area contributed by atoms with Gasteiger partial charge in [0.15, 0.2) is 0 Å². The molecule has 150 valence electrons. The van der Waals surface area contributed by atoms with Crippen LogP contribution in [0.5, 0.6) is 0 Å². The molecule has 0 saturated carbocycles. The molecule has 2 aliphatic heterocycles. The largest absolute Gasteiger partial charge is 0.352 e. The number of nitrogens with one attached hydrogen (secondary N) is 2. The van der Waals surface area contributed by atoms with E-state index in [0.29, 0.717) is 30.8 Å². The highest BCUT2D eigenvalue weighted by Gasteiger charge is 2.45. The number of thioether (sulfide) groups is 1. The van der Waals surface area contributed by atoms with Crippen molar-refractivity contribution in [3.63, 3.8) is 0 Å². The minimum atomic E-state index is -3.46. The maximum absolute atomic E-state index is 12.9. The molecule has 2 aliphatic rings. The van der Waals surface area contributed by atoms with Gasteiger partial charge in [-0.1, -0.05) is 24.6 Å². The number of rotatable bonds is 5. The summed E-state index contributed by atoms with van der Waals surface area (Å²) in [6.07, 6.45) is 2.31. The molecule has 27 heavy (non-hydrogen) atoms. The summed E-state index contributed by atoms with van der Waals surface area (Å²) in [4.78, 5) is 12.5. The van der Waals surface area contributed by atoms with E-state index in [4.69, 9.17) is 0 Å². The molecule has 2 heterocycles. The van der Waals surface area contributed by atoms with Gasteiger partial charge < -0.3 is 5.32 Å². The van der Waals surface area contributed by atoms with Crippen LogP contribution in [0.4, 0.5) is 0 Å². The SMILES string of the molecule is CC[C@H](C)NC(=O)[C@@H]1CSC2(CCN(S(=O)(=O)c3ccc(C)cc3)CC2)N1. The van der Waals surface area contributed by atoms with Gasteiger partial charge in [0.25, 0.3) is 0 Å². The summed E-state index contributed by atoms with van der Waals surface area (Å²) in [5.74, 6) is 0.774. The van der Waals surface area contributed by atoms with Crippen LogP contribution in [0.25, 0.3) is 0 Å². The van der Waals surface area contributed by atoms with Crippen LogP contribution in [-0.2, 0) is 14.8 Å². The number of benzene rings is 1. The Morgan fingerprint density at radius 1 is 1.33 bits per heavy atom. The van der Waals surface area contributed by atoms with Crippen LogP contribution in [0.3, 0.4) is 0 Å². The van der Waals surface area contributed by atoms with Crippen LogP contribution in [-0.4, -0.2) is 54.4 Å². The Hall–Kier alpha value is -1.09. The number of carbonyl (C=O) groups is 1. The topological polar surface area (TPSA) is 78.5 Å². The third-order valence-electron chi connectivity index (χ3n) is 5.47. The van der Waals surface area contributed by atoms with E-state index in [1.165, 1.54) is 0 Å². The molecule has 2 saturated heterocycles. The van der Waals surface area contributed by atoms with Gasteiger partial charge in [-0.05, 0) is 45.2 Å². The molecule has 0 aromatic heterocycles. The van der Waals surface area contributed by atoms with Crippen molar-refractivity contribution in [1.82, 2.24) is 14.9 Å². The van der Waals surface area contributed by atoms with Gasteiger partial charge in [-0.3, -0.25) is 10.1 Å². The average Bonchev–Trinajstić information content (AvgIpc) is 3.06. The highest BCUT2D eigenvalue weighted by molar-refractivity contribution is 8.01. The fourth-order valence-corrected chi connectivity index (χ4v) is 6.32. The van der Waals surface area contributed by atoms with Gasteiger partial charge in [-0.25, -0.2) is 8.42 Å². The van der Waals surface area contributed by atoms with E-state index in [0.717, 1.165) is 17.7 Å². The third kappa shape index (κ3) is 4.50. The second-order valence-electron chi connectivity index (χ2n) is 7.54. The minimum Gasteiger partial charge on any atom is -0.352 e. The van der Waals surface area contributed by atoms with Crippen molar-refractivity contribution in [2.24, 2.45) is 0 Å². The molecule has 0 bridgehead atoms. The van der Waals surface area contributed by atoms with E-state index in [2.05, 4.69) is 10.6 Å². The predicted molar refractivity (Wildman–Crippen MR) is 109 cm³/mol. The lowest BCUT2D eigenvalue weighted by atomic mass is 10.0. The quantitative estimate of drug-likeness (QED) is 0.776. The number of sulfonamides is 1. The Morgan fingerprint density at radius 2 is 1.96 bits per heavy atom. The lowest BCUT2D eigenvalue weighted by Crippen LogP contribution is -2.55. The van der Waals surface area contributed by atoms with E-state index in [1.54, 1.807) is 28.2 Å². The number of nitrogens with zero attached hydrogens (tertiary/aromatic N) is 1. The van der Waals surface area contributed by atoms with E-state index in [-0.39, 0.29) is 22.9 Å². The first-order valence-electron chi connectivity index (χ1n) is 9.54. The highest BCUT2D eigenvalue weighted by atomic mass is 32.2. The summed E-state index contributed by atoms with van der Waals surface area (Å²) < 4.78 is 27.3. The Balaban J connectivity index is 1.60. The molecule has 1 amide bonds. The van der Waals surface area contributed by atoms with Gasteiger partial charge in [-0.15, -0.1) is 11.8 Å². The number of aryl methyl sites for hydroxylation is 1. The van der Waals surface area contributed by atoms with Crippen molar-refractivity contribution in [2.75, 3.05) is 18.8 Å². The summed E-state index contributed by atoms with van der Waals surface area (Å²) in [7, 11) is -3.46. The molecule has 8 heteroatoms. The van der Waals surface area contributed by atoms with E-state index in [1.807, 2.05) is 32.9 Å². The molecule has 1 aromatic rings. The lowest BCUT2D eigenvalue weighted by molar-refractivity contribution is -0.123. The standard InChI is InChI=1S/C19H29N3O3S2/c1-4-15(3)20-18(23)17-13-26-19(21-17)9-11-22(12-10-19)27(24,25)16-7-5-14(2)6-8-16/h5-8,15,17,21H,4,9-13H2,1-3H3,(H,20,23)/t15-,17-/m0/s1. The highest BCUT2D eigenvalue weighted by Crippen LogP contribution is 2.40. The monoisotopic (exact) mass is 411 g/mol. The van der Waals surface area contributed by atoms with Gasteiger partial charge in [0.05, 0.1) is 15.8 Å². The first-order chi connectivity index (χ1) is 12.8. The number of hydrogen-bond acceptors (Lipinski definition) is 5. The Labute approximate surface area is 166 Å². The van der Waals surface area contributed by atoms with Crippen molar-refractivity contribution >= 4 is 27.7 Å². The van der Waals surface area contributed by atoms with E-state index in [9.17, 15) is 13.2 Å². The summed E-state index contributed by atoms with van der Waals surface area (Å²) in [5, 5.41) is 6.52. The zero-order valence-electron chi connectivity index (χ0n) is 16.2. The normalized spacial score (nSPS) is 24.0. The minimum absolute atomic E-state index is 0.0448. The summed E-state index contributed by atoms with van der Waals surface area (Å²) >= 11 is 1.75. The Bertz CT molecular complexity index is 772. The molecule has 3 rings (SSSR count). The first kappa shape index (κ1) is 20.6. The van der Waals surface area contributed by atoms with Crippen LogP contribution < -0.4 is 10.6 Å². The molecule has 0 aliphatic carbocycles. The van der Waals surface area contributed by atoms with Crippen LogP contribution in [0.1, 0.15) is 38.7 Å². The van der Waals surface area contributed by atoms with Crippen LogP contribution >= 0.6 is 11.8 Å². The fraction of sp³-hybridized carbons (Fsp3) is 0.632. The van der Waals surface area contributed by atoms with Gasteiger partial charge in [-0.2, -0.15) is 4.31 Å². The molecule has 2 atom stereocenters. The van der Waals surface area contributed by atoms with Crippen molar-refractivity contribution in [1.29, 1.82) is 0 Å². The number of carbonyl (C=O) groups excluding carboxylic acids is 1. The lowest BCUT2D eigenvalue weighted by Gasteiger charge is -2.38. The van der Waals surface area contributed by atoms with Gasteiger partial charge >= 0.3 is 0 Å². The van der Waals surface area contributed by atoms with Crippen molar-refractivity contribution in [2.45, 2.75) is 61.9 Å². The molecule has 6 nitrogen and oxygen atoms in total. The molecule has 0 radical (unpaired) electrons. The number of amides is 1. The van der Waals surface area contributed by atoms with Gasteiger partial charge in [0.1, 0.15) is 0 Å². The molecule has 2 fully saturated rings. The first-order valence-corrected chi connectivity index (χ1v) is 12.0. The Kier molecular flexibility index (Phi) is 6.20. The smallest absolute Gasteiger partial charge is 0.243 e. The second kappa shape index (κ2) is 8.11. The molecular weight excluding hydrogens is 382 g/mol. The zero-order valence-corrected chi connectivity index (χ0v) is 17.8.